The standard InChI is InChI=1S/C16H12O3S/c1-9(17)20-10-6-7-13-14(8-10)16(19)12-5-3-2-4-11(12)15(13)18/h2-9,17H,1H3. The molecule has 2 aromatic rings. The molecule has 0 aliphatic heterocycles. The van der Waals surface area contributed by atoms with Crippen LogP contribution < -0.4 is 0 Å². The molecule has 1 unspecified atom stereocenters. The van der Waals surface area contributed by atoms with Gasteiger partial charge in [0.05, 0.1) is 0 Å². The van der Waals surface area contributed by atoms with E-state index in [2.05, 4.69) is 0 Å². The van der Waals surface area contributed by atoms with Gasteiger partial charge in [0, 0.05) is 27.1 Å². The van der Waals surface area contributed by atoms with Crippen LogP contribution >= 0.6 is 11.8 Å². The number of benzene rings is 2. The van der Waals surface area contributed by atoms with E-state index in [1.54, 1.807) is 49.4 Å². The molecular formula is C16H12O3S. The molecule has 0 aromatic heterocycles. The van der Waals surface area contributed by atoms with Gasteiger partial charge in [0.1, 0.15) is 5.44 Å². The number of aliphatic hydroxyl groups excluding tert-OH is 1. The van der Waals surface area contributed by atoms with Crippen molar-refractivity contribution in [3.63, 3.8) is 0 Å². The molecule has 0 radical (unpaired) electrons. The fraction of sp³-hybridized carbons (Fsp3) is 0.125. The lowest BCUT2D eigenvalue weighted by Gasteiger charge is -2.18. The fourth-order valence-electron chi connectivity index (χ4n) is 2.35. The summed E-state index contributed by atoms with van der Waals surface area (Å²) in [6.07, 6.45) is 0. The third-order valence-electron chi connectivity index (χ3n) is 3.20. The molecule has 20 heavy (non-hydrogen) atoms. The molecule has 0 spiro atoms. The number of aliphatic hydroxyl groups is 1. The van der Waals surface area contributed by atoms with Crippen LogP contribution in [0.15, 0.2) is 47.4 Å². The lowest BCUT2D eigenvalue weighted by Crippen LogP contribution is -2.20. The Labute approximate surface area is 120 Å². The zero-order valence-electron chi connectivity index (χ0n) is 10.8. The summed E-state index contributed by atoms with van der Waals surface area (Å²) >= 11 is 1.25. The van der Waals surface area contributed by atoms with Gasteiger partial charge < -0.3 is 5.11 Å². The third-order valence-corrected chi connectivity index (χ3v) is 4.07. The van der Waals surface area contributed by atoms with Gasteiger partial charge in [-0.05, 0) is 25.1 Å². The molecule has 100 valence electrons. The molecule has 1 N–H and O–H groups in total. The van der Waals surface area contributed by atoms with Gasteiger partial charge >= 0.3 is 0 Å². The van der Waals surface area contributed by atoms with Crippen LogP contribution in [0.2, 0.25) is 0 Å². The lowest BCUT2D eigenvalue weighted by molar-refractivity contribution is 0.0979. The molecule has 0 heterocycles. The quantitative estimate of drug-likeness (QED) is 0.581. The summed E-state index contributed by atoms with van der Waals surface area (Å²) < 4.78 is 0. The monoisotopic (exact) mass is 284 g/mol. The number of hydrogen-bond acceptors (Lipinski definition) is 4. The molecule has 1 atom stereocenters. The maximum Gasteiger partial charge on any atom is 0.194 e. The lowest BCUT2D eigenvalue weighted by atomic mass is 9.84. The SMILES string of the molecule is CC(O)Sc1ccc2c(c1)C(=O)c1ccccc1C2=O. The summed E-state index contributed by atoms with van der Waals surface area (Å²) in [6.45, 7) is 1.66. The zero-order chi connectivity index (χ0) is 14.3. The summed E-state index contributed by atoms with van der Waals surface area (Å²) in [7, 11) is 0. The van der Waals surface area contributed by atoms with Crippen molar-refractivity contribution in [1.82, 2.24) is 0 Å². The van der Waals surface area contributed by atoms with Gasteiger partial charge in [0.15, 0.2) is 11.6 Å². The van der Waals surface area contributed by atoms with Crippen LogP contribution in [0.3, 0.4) is 0 Å². The molecule has 0 saturated heterocycles. The minimum absolute atomic E-state index is 0.121. The molecule has 0 bridgehead atoms. The predicted molar refractivity (Wildman–Crippen MR) is 77.3 cm³/mol. The summed E-state index contributed by atoms with van der Waals surface area (Å²) in [5, 5.41) is 9.40. The second kappa shape index (κ2) is 4.89. The number of hydrogen-bond donors (Lipinski definition) is 1. The first kappa shape index (κ1) is 13.1. The number of ketones is 2. The van der Waals surface area contributed by atoms with Gasteiger partial charge in [-0.1, -0.05) is 36.0 Å². The van der Waals surface area contributed by atoms with Gasteiger partial charge in [-0.15, -0.1) is 0 Å². The molecular weight excluding hydrogens is 272 g/mol. The molecule has 3 rings (SSSR count). The number of carbonyl (C=O) groups excluding carboxylic acids is 2. The molecule has 1 aliphatic rings. The van der Waals surface area contributed by atoms with E-state index >= 15 is 0 Å². The number of carbonyl (C=O) groups is 2. The number of thioether (sulfide) groups is 1. The van der Waals surface area contributed by atoms with Gasteiger partial charge in [-0.2, -0.15) is 0 Å². The first-order valence-electron chi connectivity index (χ1n) is 6.25. The van der Waals surface area contributed by atoms with Gasteiger partial charge in [0.2, 0.25) is 0 Å². The molecule has 0 amide bonds. The van der Waals surface area contributed by atoms with Crippen LogP contribution in [0, 0.1) is 0 Å². The highest BCUT2D eigenvalue weighted by Crippen LogP contribution is 2.31. The highest BCUT2D eigenvalue weighted by Gasteiger charge is 2.29. The van der Waals surface area contributed by atoms with Crippen LogP contribution in [0.5, 0.6) is 0 Å². The second-order valence-electron chi connectivity index (χ2n) is 4.63. The van der Waals surface area contributed by atoms with Crippen LogP contribution in [-0.2, 0) is 0 Å². The summed E-state index contributed by atoms with van der Waals surface area (Å²) in [5.74, 6) is -0.257. The van der Waals surface area contributed by atoms with Crippen molar-refractivity contribution in [2.75, 3.05) is 0 Å². The zero-order valence-corrected chi connectivity index (χ0v) is 11.6. The molecule has 0 saturated carbocycles. The first-order chi connectivity index (χ1) is 9.58. The van der Waals surface area contributed by atoms with Crippen molar-refractivity contribution in [2.45, 2.75) is 17.3 Å². The maximum atomic E-state index is 12.5. The normalized spacial score (nSPS) is 14.7. The fourth-order valence-corrected chi connectivity index (χ4v) is 3.08. The summed E-state index contributed by atoms with van der Waals surface area (Å²) in [4.78, 5) is 25.6. The van der Waals surface area contributed by atoms with E-state index in [9.17, 15) is 14.7 Å². The smallest absolute Gasteiger partial charge is 0.194 e. The van der Waals surface area contributed by atoms with E-state index in [1.165, 1.54) is 11.8 Å². The first-order valence-corrected chi connectivity index (χ1v) is 7.13. The number of rotatable bonds is 2. The number of fused-ring (bicyclic) bond motifs is 2. The summed E-state index contributed by atoms with van der Waals surface area (Å²) in [6, 6.07) is 12.0. The molecule has 4 heteroatoms. The van der Waals surface area contributed by atoms with Gasteiger partial charge in [-0.25, -0.2) is 0 Å². The Morgan fingerprint density at radius 2 is 1.45 bits per heavy atom. The van der Waals surface area contributed by atoms with Crippen molar-refractivity contribution in [3.05, 3.63) is 64.7 Å². The second-order valence-corrected chi connectivity index (χ2v) is 6.02. The van der Waals surface area contributed by atoms with Crippen LogP contribution in [0.4, 0.5) is 0 Å². The van der Waals surface area contributed by atoms with E-state index in [0.717, 1.165) is 4.90 Å². The molecule has 2 aromatic carbocycles. The Kier molecular flexibility index (Phi) is 3.20. The Bertz CT molecular complexity index is 719. The highest BCUT2D eigenvalue weighted by molar-refractivity contribution is 7.99. The average Bonchev–Trinajstić information content (AvgIpc) is 2.44. The molecule has 3 nitrogen and oxygen atoms in total. The van der Waals surface area contributed by atoms with E-state index in [4.69, 9.17) is 0 Å². The van der Waals surface area contributed by atoms with Crippen LogP contribution in [0.25, 0.3) is 0 Å². The van der Waals surface area contributed by atoms with Gasteiger partial charge in [-0.3, -0.25) is 9.59 Å². The Morgan fingerprint density at radius 1 is 0.900 bits per heavy atom. The third kappa shape index (κ3) is 2.07. The maximum absolute atomic E-state index is 12.5. The Hall–Kier alpha value is -1.91. The van der Waals surface area contributed by atoms with Crippen LogP contribution in [-0.4, -0.2) is 22.1 Å². The van der Waals surface area contributed by atoms with E-state index < -0.39 is 5.44 Å². The largest absolute Gasteiger partial charge is 0.382 e. The Morgan fingerprint density at radius 3 is 2.05 bits per heavy atom. The van der Waals surface area contributed by atoms with Crippen LogP contribution in [0.1, 0.15) is 38.8 Å². The minimum Gasteiger partial charge on any atom is -0.382 e. The van der Waals surface area contributed by atoms with Crippen molar-refractivity contribution >= 4 is 23.3 Å². The molecule has 0 fully saturated rings. The average molecular weight is 284 g/mol. The van der Waals surface area contributed by atoms with E-state index in [1.807, 2.05) is 0 Å². The van der Waals surface area contributed by atoms with E-state index in [-0.39, 0.29) is 11.6 Å². The van der Waals surface area contributed by atoms with Crippen molar-refractivity contribution < 1.29 is 14.7 Å². The van der Waals surface area contributed by atoms with Crippen molar-refractivity contribution in [3.8, 4) is 0 Å². The van der Waals surface area contributed by atoms with E-state index in [0.29, 0.717) is 22.3 Å². The predicted octanol–water partition coefficient (Wildman–Crippen LogP) is 2.89. The molecule has 1 aliphatic carbocycles. The van der Waals surface area contributed by atoms with Crippen molar-refractivity contribution in [1.29, 1.82) is 0 Å². The summed E-state index contributed by atoms with van der Waals surface area (Å²) in [5.41, 5.74) is 1.20. The van der Waals surface area contributed by atoms with Gasteiger partial charge in [0.25, 0.3) is 0 Å². The minimum atomic E-state index is -0.560. The Balaban J connectivity index is 2.13. The van der Waals surface area contributed by atoms with Crippen molar-refractivity contribution in [2.24, 2.45) is 0 Å². The topological polar surface area (TPSA) is 54.4 Å². The highest BCUT2D eigenvalue weighted by atomic mass is 32.2.